The van der Waals surface area contributed by atoms with E-state index in [4.69, 9.17) is 11.6 Å². The Morgan fingerprint density at radius 1 is 1.33 bits per heavy atom. The van der Waals surface area contributed by atoms with E-state index in [1.807, 2.05) is 17.0 Å². The number of likely N-dealkylation sites (N-methyl/N-ethyl adjacent to an activating group) is 1. The van der Waals surface area contributed by atoms with Crippen molar-refractivity contribution in [3.8, 4) is 0 Å². The number of halogens is 1. The van der Waals surface area contributed by atoms with Crippen molar-refractivity contribution in [2.24, 2.45) is 4.40 Å². The van der Waals surface area contributed by atoms with Gasteiger partial charge in [-0.05, 0) is 37.1 Å². The van der Waals surface area contributed by atoms with Crippen LogP contribution >= 0.6 is 22.9 Å². The van der Waals surface area contributed by atoms with Gasteiger partial charge >= 0.3 is 0 Å². The Morgan fingerprint density at radius 2 is 2.11 bits per heavy atom. The highest BCUT2D eigenvalue weighted by atomic mass is 35.5. The number of nitrogens with zero attached hydrogens (tertiary/aromatic N) is 3. The van der Waals surface area contributed by atoms with Crippen LogP contribution in [0.1, 0.15) is 23.3 Å². The quantitative estimate of drug-likeness (QED) is 0.761. The van der Waals surface area contributed by atoms with Gasteiger partial charge < -0.3 is 9.80 Å². The molecule has 6 nitrogen and oxygen atoms in total. The molecule has 142 valence electrons. The van der Waals surface area contributed by atoms with Crippen molar-refractivity contribution < 1.29 is 13.2 Å². The zero-order chi connectivity index (χ0) is 19.2. The second-order valence-electron chi connectivity index (χ2n) is 6.64. The highest BCUT2D eigenvalue weighted by Gasteiger charge is 2.40. The lowest BCUT2D eigenvalue weighted by atomic mass is 10.1. The molecule has 1 saturated heterocycles. The minimum absolute atomic E-state index is 0.0403. The summed E-state index contributed by atoms with van der Waals surface area (Å²) in [4.78, 5) is 17.8. The summed E-state index contributed by atoms with van der Waals surface area (Å²) in [5.74, 6) is 0.343. The number of carbonyl (C=O) groups excluding carboxylic acids is 1. The van der Waals surface area contributed by atoms with E-state index in [1.165, 1.54) is 11.3 Å². The predicted octanol–water partition coefficient (Wildman–Crippen LogP) is 2.97. The average Bonchev–Trinajstić information content (AvgIpc) is 3.33. The van der Waals surface area contributed by atoms with Crippen LogP contribution in [0.5, 0.6) is 0 Å². The van der Waals surface area contributed by atoms with E-state index in [9.17, 15) is 13.2 Å². The molecular weight excluding hydrogens is 406 g/mol. The van der Waals surface area contributed by atoms with Gasteiger partial charge in [-0.3, -0.25) is 4.79 Å². The zero-order valence-corrected chi connectivity index (χ0v) is 17.0. The molecule has 1 amide bonds. The molecule has 0 bridgehead atoms. The minimum atomic E-state index is -3.70. The number of fused-ring (bicyclic) bond motifs is 1. The van der Waals surface area contributed by atoms with E-state index in [1.54, 1.807) is 36.2 Å². The molecule has 9 heteroatoms. The number of rotatable bonds is 3. The third-order valence-electron chi connectivity index (χ3n) is 4.82. The molecule has 4 rings (SSSR count). The molecule has 0 unspecified atom stereocenters. The van der Waals surface area contributed by atoms with Crippen LogP contribution in [0.4, 0.5) is 0 Å². The number of sulfonamides is 1. The number of amides is 1. The molecule has 2 aliphatic rings. The third-order valence-corrected chi connectivity index (χ3v) is 7.36. The summed E-state index contributed by atoms with van der Waals surface area (Å²) in [6.07, 6.45) is 1.49. The number of benzene rings is 1. The number of thiophene rings is 1. The Hall–Kier alpha value is -1.90. The lowest BCUT2D eigenvalue weighted by molar-refractivity contribution is -0.134. The standard InChI is InChI=1S/C18H18ClN3O3S2/c1-21(11-12-8-9-16(19)26-12)18(23)14-6-4-10-22(14)17-13-5-2-3-7-15(13)27(24,25)20-17/h2-3,5,7-9,14H,4,6,10-11H2,1H3/t14-/m0/s1. The van der Waals surface area contributed by atoms with E-state index in [-0.39, 0.29) is 10.8 Å². The van der Waals surface area contributed by atoms with Crippen molar-refractivity contribution in [3.05, 3.63) is 51.2 Å². The van der Waals surface area contributed by atoms with E-state index >= 15 is 0 Å². The summed E-state index contributed by atoms with van der Waals surface area (Å²) in [6.45, 7) is 1.08. The largest absolute Gasteiger partial charge is 0.343 e. The van der Waals surface area contributed by atoms with Crippen LogP contribution in [0.3, 0.4) is 0 Å². The first-order chi connectivity index (χ1) is 12.9. The van der Waals surface area contributed by atoms with Crippen LogP contribution in [0.2, 0.25) is 4.34 Å². The smallest absolute Gasteiger partial charge is 0.285 e. The van der Waals surface area contributed by atoms with Crippen LogP contribution in [0.25, 0.3) is 0 Å². The van der Waals surface area contributed by atoms with Crippen molar-refractivity contribution in [2.45, 2.75) is 30.3 Å². The number of hydrogen-bond donors (Lipinski definition) is 0. The van der Waals surface area contributed by atoms with Gasteiger partial charge in [-0.15, -0.1) is 15.7 Å². The van der Waals surface area contributed by atoms with Crippen molar-refractivity contribution in [1.82, 2.24) is 9.80 Å². The fourth-order valence-corrected chi connectivity index (χ4v) is 5.93. The summed E-state index contributed by atoms with van der Waals surface area (Å²) >= 11 is 7.42. The van der Waals surface area contributed by atoms with Gasteiger partial charge in [0.05, 0.1) is 10.9 Å². The molecule has 0 N–H and O–H groups in total. The van der Waals surface area contributed by atoms with Gasteiger partial charge in [0.25, 0.3) is 10.0 Å². The zero-order valence-electron chi connectivity index (χ0n) is 14.6. The predicted molar refractivity (Wildman–Crippen MR) is 106 cm³/mol. The number of carbonyl (C=O) groups is 1. The van der Waals surface area contributed by atoms with E-state index in [0.717, 1.165) is 11.3 Å². The number of hydrogen-bond acceptors (Lipinski definition) is 5. The molecule has 0 saturated carbocycles. The lowest BCUT2D eigenvalue weighted by Crippen LogP contribution is -2.46. The Kier molecular flexibility index (Phi) is 4.73. The topological polar surface area (TPSA) is 70.1 Å². The normalized spacial score (nSPS) is 20.4. The van der Waals surface area contributed by atoms with E-state index in [2.05, 4.69) is 4.40 Å². The highest BCUT2D eigenvalue weighted by Crippen LogP contribution is 2.32. The molecule has 1 atom stereocenters. The van der Waals surface area contributed by atoms with Crippen molar-refractivity contribution in [3.63, 3.8) is 0 Å². The lowest BCUT2D eigenvalue weighted by Gasteiger charge is -2.29. The Bertz CT molecular complexity index is 1030. The third kappa shape index (κ3) is 3.37. The van der Waals surface area contributed by atoms with Gasteiger partial charge in [-0.2, -0.15) is 8.42 Å². The fraction of sp³-hybridized carbons (Fsp3) is 0.333. The molecule has 2 aromatic rings. The van der Waals surface area contributed by atoms with Gasteiger partial charge in [0.1, 0.15) is 10.9 Å². The SMILES string of the molecule is CN(Cc1ccc(Cl)s1)C(=O)[C@@H]1CCCN1C1=NS(=O)(=O)c2ccccc21. The van der Waals surface area contributed by atoms with Crippen molar-refractivity contribution in [2.75, 3.05) is 13.6 Å². The van der Waals surface area contributed by atoms with Crippen LogP contribution in [0.15, 0.2) is 45.7 Å². The fourth-order valence-electron chi connectivity index (χ4n) is 3.58. The van der Waals surface area contributed by atoms with Gasteiger partial charge in [-0.1, -0.05) is 23.7 Å². The first kappa shape index (κ1) is 18.5. The van der Waals surface area contributed by atoms with Crippen LogP contribution in [-0.4, -0.2) is 49.6 Å². The summed E-state index contributed by atoms with van der Waals surface area (Å²) in [7, 11) is -1.94. The monoisotopic (exact) mass is 423 g/mol. The van der Waals surface area contributed by atoms with E-state index < -0.39 is 16.1 Å². The molecule has 3 heterocycles. The molecule has 27 heavy (non-hydrogen) atoms. The first-order valence-corrected chi connectivity index (χ1v) is 11.2. The second kappa shape index (κ2) is 6.92. The van der Waals surface area contributed by atoms with Crippen LogP contribution in [0, 0.1) is 0 Å². The van der Waals surface area contributed by atoms with Crippen LogP contribution in [-0.2, 0) is 21.4 Å². The molecule has 1 aromatic heterocycles. The Balaban J connectivity index is 1.59. The number of likely N-dealkylation sites (tertiary alicyclic amines) is 1. The average molecular weight is 424 g/mol. The summed E-state index contributed by atoms with van der Waals surface area (Å²) in [6, 6.07) is 10.1. The Morgan fingerprint density at radius 3 is 2.85 bits per heavy atom. The van der Waals surface area contributed by atoms with E-state index in [0.29, 0.717) is 35.2 Å². The molecule has 0 spiro atoms. The van der Waals surface area contributed by atoms with Gasteiger partial charge in [0.15, 0.2) is 5.84 Å². The summed E-state index contributed by atoms with van der Waals surface area (Å²) in [5.41, 5.74) is 0.574. The van der Waals surface area contributed by atoms with Gasteiger partial charge in [-0.25, -0.2) is 0 Å². The minimum Gasteiger partial charge on any atom is -0.343 e. The maximum atomic E-state index is 13.0. The summed E-state index contributed by atoms with van der Waals surface area (Å²) in [5, 5.41) is 0. The highest BCUT2D eigenvalue weighted by molar-refractivity contribution is 7.90. The van der Waals surface area contributed by atoms with Gasteiger partial charge in [0, 0.05) is 24.0 Å². The van der Waals surface area contributed by atoms with Gasteiger partial charge in [0.2, 0.25) is 5.91 Å². The maximum absolute atomic E-state index is 13.0. The van der Waals surface area contributed by atoms with Crippen LogP contribution < -0.4 is 0 Å². The molecule has 0 aliphatic carbocycles. The first-order valence-electron chi connectivity index (χ1n) is 8.57. The molecular formula is C18H18ClN3O3S2. The van der Waals surface area contributed by atoms with Crippen molar-refractivity contribution >= 4 is 44.7 Å². The molecule has 0 radical (unpaired) electrons. The Labute approximate surface area is 167 Å². The summed E-state index contributed by atoms with van der Waals surface area (Å²) < 4.78 is 29.4. The molecule has 1 aromatic carbocycles. The van der Waals surface area contributed by atoms with Crippen molar-refractivity contribution in [1.29, 1.82) is 0 Å². The molecule has 1 fully saturated rings. The molecule has 2 aliphatic heterocycles. The number of amidine groups is 1. The maximum Gasteiger partial charge on any atom is 0.285 e. The second-order valence-corrected chi connectivity index (χ2v) is 10.0.